The molecule has 1 atom stereocenters. The predicted octanol–water partition coefficient (Wildman–Crippen LogP) is 6.13. The van der Waals surface area contributed by atoms with Gasteiger partial charge >= 0.3 is 12.1 Å². The molecule has 8 nitrogen and oxygen atoms in total. The average Bonchev–Trinajstić information content (AvgIpc) is 3.66. The van der Waals surface area contributed by atoms with Gasteiger partial charge in [-0.15, -0.1) is 0 Å². The molecule has 1 aliphatic rings. The molecular weight excluding hydrogens is 506 g/mol. The van der Waals surface area contributed by atoms with Crippen molar-refractivity contribution in [3.63, 3.8) is 0 Å². The molecule has 1 heterocycles. The number of nitrogens with zero attached hydrogens (tertiary/aromatic N) is 1. The number of rotatable bonds is 7. The van der Waals surface area contributed by atoms with Crippen LogP contribution in [0.15, 0.2) is 77.6 Å². The van der Waals surface area contributed by atoms with E-state index >= 15 is 0 Å². The Morgan fingerprint density at radius 2 is 1.58 bits per heavy atom. The summed E-state index contributed by atoms with van der Waals surface area (Å²) in [5, 5.41) is 15.4. The lowest BCUT2D eigenvalue weighted by Crippen LogP contribution is -2.19. The van der Waals surface area contributed by atoms with Gasteiger partial charge in [0.05, 0.1) is 11.0 Å². The SMILES string of the molecule is CC(OC(=O)Nc1c(-c2ccc(-c3ccc(C4(C(=O)O)CC4)cc3)cc2)c(=O)[nH]n1C)c1ccccc1Cl. The molecule has 1 fully saturated rings. The van der Waals surface area contributed by atoms with Crippen LogP contribution in [0.3, 0.4) is 0 Å². The molecule has 1 saturated carbocycles. The summed E-state index contributed by atoms with van der Waals surface area (Å²) in [5.41, 5.74) is 3.14. The van der Waals surface area contributed by atoms with Crippen LogP contribution in [-0.2, 0) is 22.0 Å². The molecule has 4 aromatic rings. The van der Waals surface area contributed by atoms with Gasteiger partial charge in [0.1, 0.15) is 11.9 Å². The van der Waals surface area contributed by atoms with E-state index in [-0.39, 0.29) is 11.4 Å². The Hall–Kier alpha value is -4.30. The van der Waals surface area contributed by atoms with Crippen molar-refractivity contribution in [2.24, 2.45) is 7.05 Å². The maximum absolute atomic E-state index is 12.7. The largest absolute Gasteiger partial charge is 0.481 e. The Labute approximate surface area is 223 Å². The van der Waals surface area contributed by atoms with Crippen LogP contribution < -0.4 is 10.9 Å². The molecule has 1 aliphatic carbocycles. The quantitative estimate of drug-likeness (QED) is 0.265. The number of carbonyl (C=O) groups excluding carboxylic acids is 1. The Morgan fingerprint density at radius 3 is 2.16 bits per heavy atom. The topological polar surface area (TPSA) is 113 Å². The van der Waals surface area contributed by atoms with Crippen molar-refractivity contribution in [2.45, 2.75) is 31.3 Å². The fourth-order valence-electron chi connectivity index (χ4n) is 4.67. The van der Waals surface area contributed by atoms with E-state index in [2.05, 4.69) is 10.4 Å². The van der Waals surface area contributed by atoms with E-state index in [9.17, 15) is 19.5 Å². The minimum atomic E-state index is -0.783. The molecule has 9 heteroatoms. The normalized spacial score (nSPS) is 14.5. The average molecular weight is 532 g/mol. The maximum Gasteiger partial charge on any atom is 0.413 e. The molecule has 0 radical (unpaired) electrons. The number of ether oxygens (including phenoxy) is 1. The molecule has 0 spiro atoms. The molecule has 3 N–H and O–H groups in total. The van der Waals surface area contributed by atoms with Crippen LogP contribution in [0.4, 0.5) is 10.6 Å². The van der Waals surface area contributed by atoms with Crippen LogP contribution in [0.5, 0.6) is 0 Å². The number of aryl methyl sites for hydroxylation is 1. The number of H-pyrrole nitrogens is 1. The van der Waals surface area contributed by atoms with Gasteiger partial charge in [-0.05, 0) is 48.1 Å². The Bertz CT molecular complexity index is 1570. The molecule has 1 aromatic heterocycles. The van der Waals surface area contributed by atoms with Gasteiger partial charge in [-0.1, -0.05) is 78.3 Å². The zero-order valence-electron chi connectivity index (χ0n) is 20.8. The molecule has 0 bridgehead atoms. The summed E-state index contributed by atoms with van der Waals surface area (Å²) in [7, 11) is 1.62. The summed E-state index contributed by atoms with van der Waals surface area (Å²) in [6, 6.07) is 22.0. The number of amides is 1. The van der Waals surface area contributed by atoms with Crippen molar-refractivity contribution >= 4 is 29.5 Å². The zero-order chi connectivity index (χ0) is 27.0. The lowest BCUT2D eigenvalue weighted by molar-refractivity contribution is -0.140. The number of anilines is 1. The highest BCUT2D eigenvalue weighted by molar-refractivity contribution is 6.31. The van der Waals surface area contributed by atoms with Gasteiger partial charge in [0.2, 0.25) is 0 Å². The zero-order valence-corrected chi connectivity index (χ0v) is 21.6. The molecule has 38 heavy (non-hydrogen) atoms. The number of carboxylic acid groups (broad SMARTS) is 1. The number of carbonyl (C=O) groups is 2. The van der Waals surface area contributed by atoms with Crippen LogP contribution in [0.2, 0.25) is 5.02 Å². The molecule has 0 saturated heterocycles. The fraction of sp³-hybridized carbons (Fsp3) is 0.207. The molecule has 5 rings (SSSR count). The first kappa shape index (κ1) is 25.4. The summed E-state index contributed by atoms with van der Waals surface area (Å²) in [6.07, 6.45) is -0.00537. The molecular formula is C29H26ClN3O5. The maximum atomic E-state index is 12.7. The second-order valence-corrected chi connectivity index (χ2v) is 9.87. The minimum absolute atomic E-state index is 0.270. The van der Waals surface area contributed by atoms with E-state index in [4.69, 9.17) is 16.3 Å². The fourth-order valence-corrected chi connectivity index (χ4v) is 4.96. The highest BCUT2D eigenvalue weighted by atomic mass is 35.5. The third-order valence-electron chi connectivity index (χ3n) is 7.02. The smallest absolute Gasteiger partial charge is 0.413 e. The molecule has 0 aliphatic heterocycles. The number of aliphatic carboxylic acids is 1. The van der Waals surface area contributed by atoms with Gasteiger partial charge < -0.3 is 9.84 Å². The number of hydrogen-bond donors (Lipinski definition) is 3. The highest BCUT2D eigenvalue weighted by Crippen LogP contribution is 2.48. The highest BCUT2D eigenvalue weighted by Gasteiger charge is 2.51. The number of hydrogen-bond acceptors (Lipinski definition) is 4. The van der Waals surface area contributed by atoms with Gasteiger partial charge in [0, 0.05) is 17.6 Å². The monoisotopic (exact) mass is 531 g/mol. The van der Waals surface area contributed by atoms with Crippen molar-refractivity contribution in [2.75, 3.05) is 5.32 Å². The molecule has 3 aromatic carbocycles. The Kier molecular flexibility index (Phi) is 6.59. The molecule has 1 amide bonds. The first-order valence-corrected chi connectivity index (χ1v) is 12.5. The van der Waals surface area contributed by atoms with Crippen LogP contribution in [0, 0.1) is 0 Å². The first-order valence-electron chi connectivity index (χ1n) is 12.2. The summed E-state index contributed by atoms with van der Waals surface area (Å²) >= 11 is 6.21. The first-order chi connectivity index (χ1) is 18.2. The van der Waals surface area contributed by atoms with Crippen molar-refractivity contribution in [3.8, 4) is 22.3 Å². The van der Waals surface area contributed by atoms with Crippen LogP contribution in [0.1, 0.15) is 37.0 Å². The summed E-state index contributed by atoms with van der Waals surface area (Å²) in [6.45, 7) is 1.72. The van der Waals surface area contributed by atoms with Gasteiger partial charge in [0.15, 0.2) is 0 Å². The van der Waals surface area contributed by atoms with E-state index < -0.39 is 23.6 Å². The van der Waals surface area contributed by atoms with E-state index in [1.165, 1.54) is 4.68 Å². The van der Waals surface area contributed by atoms with Gasteiger partial charge in [0.25, 0.3) is 5.56 Å². The number of nitrogens with one attached hydrogen (secondary N) is 2. The molecule has 194 valence electrons. The van der Waals surface area contributed by atoms with Crippen LogP contribution in [-0.4, -0.2) is 26.9 Å². The number of halogens is 1. The van der Waals surface area contributed by atoms with Crippen LogP contribution >= 0.6 is 11.6 Å². The standard InChI is InChI=1S/C29H26ClN3O5/c1-17(22-5-3-4-6-23(22)30)38-28(37)31-25-24(26(34)32-33(25)2)20-9-7-18(8-10-20)19-11-13-21(14-12-19)29(15-16-29)27(35)36/h3-14,17H,15-16H2,1-2H3,(H,31,37)(H,32,34)(H,35,36). The Morgan fingerprint density at radius 1 is 1.00 bits per heavy atom. The molecule has 1 unspecified atom stereocenters. The summed E-state index contributed by atoms with van der Waals surface area (Å²) in [5.74, 6) is -0.513. The van der Waals surface area contributed by atoms with Crippen molar-refractivity contribution < 1.29 is 19.4 Å². The predicted molar refractivity (Wildman–Crippen MR) is 145 cm³/mol. The van der Waals surface area contributed by atoms with Crippen molar-refractivity contribution in [3.05, 3.63) is 99.3 Å². The number of aromatic amines is 1. The van der Waals surface area contributed by atoms with Crippen molar-refractivity contribution in [1.82, 2.24) is 9.78 Å². The number of aromatic nitrogens is 2. The third-order valence-corrected chi connectivity index (χ3v) is 7.36. The number of benzene rings is 3. The van der Waals surface area contributed by atoms with Gasteiger partial charge in [-0.3, -0.25) is 24.7 Å². The minimum Gasteiger partial charge on any atom is -0.481 e. The Balaban J connectivity index is 1.34. The van der Waals surface area contributed by atoms with Crippen LogP contribution in [0.25, 0.3) is 22.3 Å². The van der Waals surface area contributed by atoms with E-state index in [1.54, 1.807) is 44.3 Å². The summed E-state index contributed by atoms with van der Waals surface area (Å²) < 4.78 is 6.94. The van der Waals surface area contributed by atoms with Gasteiger partial charge in [-0.2, -0.15) is 0 Å². The second kappa shape index (κ2) is 9.87. The van der Waals surface area contributed by atoms with Crippen molar-refractivity contribution in [1.29, 1.82) is 0 Å². The van der Waals surface area contributed by atoms with E-state index in [0.29, 0.717) is 34.6 Å². The van der Waals surface area contributed by atoms with E-state index in [0.717, 1.165) is 16.7 Å². The second-order valence-electron chi connectivity index (χ2n) is 9.46. The van der Waals surface area contributed by atoms with Gasteiger partial charge in [-0.25, -0.2) is 4.79 Å². The lowest BCUT2D eigenvalue weighted by atomic mass is 9.93. The number of carboxylic acids is 1. The third kappa shape index (κ3) is 4.70. The summed E-state index contributed by atoms with van der Waals surface area (Å²) in [4.78, 5) is 37.0. The lowest BCUT2D eigenvalue weighted by Gasteiger charge is -2.16. The van der Waals surface area contributed by atoms with E-state index in [1.807, 2.05) is 42.5 Å².